The molecule has 0 bridgehead atoms. The number of halogens is 1. The lowest BCUT2D eigenvalue weighted by atomic mass is 10.1. The molecule has 2 heterocycles. The van der Waals surface area contributed by atoms with Crippen molar-refractivity contribution in [1.82, 2.24) is 9.97 Å². The predicted molar refractivity (Wildman–Crippen MR) is 87.7 cm³/mol. The zero-order valence-corrected chi connectivity index (χ0v) is 13.4. The molecule has 0 saturated carbocycles. The minimum atomic E-state index is 0.0292. The highest BCUT2D eigenvalue weighted by atomic mass is 127. The molecule has 1 aliphatic heterocycles. The van der Waals surface area contributed by atoms with E-state index in [0.717, 1.165) is 45.9 Å². The maximum absolute atomic E-state index is 5.71. The smallest absolute Gasteiger partial charge is 0.160 e. The van der Waals surface area contributed by atoms with Crippen molar-refractivity contribution in [2.24, 2.45) is 0 Å². The van der Waals surface area contributed by atoms with Crippen LogP contribution in [0.5, 0.6) is 0 Å². The summed E-state index contributed by atoms with van der Waals surface area (Å²) in [5, 5.41) is 3.16. The molecular weight excluding hydrogens is 365 g/mol. The van der Waals surface area contributed by atoms with E-state index in [1.807, 2.05) is 25.2 Å². The van der Waals surface area contributed by atoms with Crippen molar-refractivity contribution in [2.75, 3.05) is 19.0 Å². The molecule has 1 N–H and O–H groups in total. The molecule has 1 unspecified atom stereocenters. The second-order valence-electron chi connectivity index (χ2n) is 4.71. The second kappa shape index (κ2) is 6.05. The average molecular weight is 381 g/mol. The van der Waals surface area contributed by atoms with Gasteiger partial charge in [-0.15, -0.1) is 0 Å². The van der Waals surface area contributed by atoms with Crippen molar-refractivity contribution in [2.45, 2.75) is 18.9 Å². The minimum absolute atomic E-state index is 0.0292. The van der Waals surface area contributed by atoms with Gasteiger partial charge in [0.05, 0.1) is 9.26 Å². The molecule has 4 nitrogen and oxygen atoms in total. The van der Waals surface area contributed by atoms with Crippen molar-refractivity contribution in [1.29, 1.82) is 0 Å². The van der Waals surface area contributed by atoms with Crippen molar-refractivity contribution in [3.8, 4) is 11.3 Å². The lowest BCUT2D eigenvalue weighted by molar-refractivity contribution is 0.105. The van der Waals surface area contributed by atoms with E-state index in [4.69, 9.17) is 9.72 Å². The number of aromatic nitrogens is 2. The zero-order chi connectivity index (χ0) is 13.9. The molecule has 0 spiro atoms. The molecular formula is C15H16IN3O. The average Bonchev–Trinajstić information content (AvgIpc) is 3.03. The Hall–Kier alpha value is -1.21. The van der Waals surface area contributed by atoms with Gasteiger partial charge in [-0.2, -0.15) is 0 Å². The summed E-state index contributed by atoms with van der Waals surface area (Å²) in [4.78, 5) is 9.35. The van der Waals surface area contributed by atoms with E-state index in [1.165, 1.54) is 0 Å². The van der Waals surface area contributed by atoms with Crippen LogP contribution in [-0.2, 0) is 4.74 Å². The van der Waals surface area contributed by atoms with Crippen LogP contribution < -0.4 is 5.32 Å². The van der Waals surface area contributed by atoms with Gasteiger partial charge in [-0.3, -0.25) is 0 Å². The monoisotopic (exact) mass is 381 g/mol. The van der Waals surface area contributed by atoms with Crippen LogP contribution in [0.3, 0.4) is 0 Å². The van der Waals surface area contributed by atoms with Crippen molar-refractivity contribution < 1.29 is 4.74 Å². The fourth-order valence-corrected chi connectivity index (χ4v) is 3.16. The molecule has 1 aromatic heterocycles. The third-order valence-electron chi connectivity index (χ3n) is 3.37. The Morgan fingerprint density at radius 2 is 2.05 bits per heavy atom. The predicted octanol–water partition coefficient (Wildman–Crippen LogP) is 3.64. The van der Waals surface area contributed by atoms with Crippen LogP contribution in [0.25, 0.3) is 11.3 Å². The van der Waals surface area contributed by atoms with Crippen molar-refractivity contribution in [3.63, 3.8) is 0 Å². The molecule has 104 valence electrons. The molecule has 0 aliphatic carbocycles. The van der Waals surface area contributed by atoms with Crippen LogP contribution in [-0.4, -0.2) is 23.6 Å². The summed E-state index contributed by atoms with van der Waals surface area (Å²) in [6.45, 7) is 0.801. The van der Waals surface area contributed by atoms with E-state index < -0.39 is 0 Å². The van der Waals surface area contributed by atoms with Crippen molar-refractivity contribution >= 4 is 28.4 Å². The van der Waals surface area contributed by atoms with Crippen LogP contribution in [0.2, 0.25) is 0 Å². The van der Waals surface area contributed by atoms with Crippen LogP contribution in [0.1, 0.15) is 24.8 Å². The minimum Gasteiger partial charge on any atom is -0.372 e. The van der Waals surface area contributed by atoms with Gasteiger partial charge in [0.15, 0.2) is 5.82 Å². The van der Waals surface area contributed by atoms with Gasteiger partial charge in [0, 0.05) is 19.2 Å². The normalized spacial score (nSPS) is 18.2. The lowest BCUT2D eigenvalue weighted by Crippen LogP contribution is -2.09. The van der Waals surface area contributed by atoms with Gasteiger partial charge in [-0.25, -0.2) is 9.97 Å². The molecule has 1 aromatic carbocycles. The number of anilines is 1. The first-order valence-corrected chi connectivity index (χ1v) is 7.79. The van der Waals surface area contributed by atoms with Crippen LogP contribution in [0, 0.1) is 3.57 Å². The Kier molecular flexibility index (Phi) is 4.16. The molecule has 2 aromatic rings. The molecule has 5 heteroatoms. The number of nitrogens with one attached hydrogen (secondary N) is 1. The number of nitrogens with zero attached hydrogens (tertiary/aromatic N) is 2. The number of ether oxygens (including phenoxy) is 1. The summed E-state index contributed by atoms with van der Waals surface area (Å²) in [5.41, 5.74) is 2.08. The van der Waals surface area contributed by atoms with E-state index in [-0.39, 0.29) is 6.10 Å². The Bertz CT molecular complexity index is 598. The number of hydrogen-bond acceptors (Lipinski definition) is 4. The largest absolute Gasteiger partial charge is 0.372 e. The topological polar surface area (TPSA) is 47.0 Å². The third-order valence-corrected chi connectivity index (χ3v) is 4.39. The maximum Gasteiger partial charge on any atom is 0.160 e. The molecule has 1 saturated heterocycles. The molecule has 0 amide bonds. The highest BCUT2D eigenvalue weighted by molar-refractivity contribution is 14.1. The number of hydrogen-bond donors (Lipinski definition) is 1. The van der Waals surface area contributed by atoms with Gasteiger partial charge in [0.2, 0.25) is 0 Å². The van der Waals surface area contributed by atoms with Gasteiger partial charge in [0.1, 0.15) is 11.9 Å². The fraction of sp³-hybridized carbons (Fsp3) is 0.333. The Morgan fingerprint density at radius 3 is 2.70 bits per heavy atom. The lowest BCUT2D eigenvalue weighted by Gasteiger charge is -2.14. The van der Waals surface area contributed by atoms with Crippen molar-refractivity contribution in [3.05, 3.63) is 39.7 Å². The number of rotatable bonds is 3. The summed E-state index contributed by atoms with van der Waals surface area (Å²) in [5.74, 6) is 1.65. The first-order valence-electron chi connectivity index (χ1n) is 6.72. The summed E-state index contributed by atoms with van der Waals surface area (Å²) >= 11 is 2.30. The number of benzene rings is 1. The van der Waals surface area contributed by atoms with Gasteiger partial charge in [0.25, 0.3) is 0 Å². The van der Waals surface area contributed by atoms with Crippen LogP contribution >= 0.6 is 22.6 Å². The molecule has 1 aliphatic rings. The Labute approximate surface area is 132 Å². The summed E-state index contributed by atoms with van der Waals surface area (Å²) < 4.78 is 6.75. The van der Waals surface area contributed by atoms with E-state index in [9.17, 15) is 0 Å². The molecule has 1 atom stereocenters. The zero-order valence-electron chi connectivity index (χ0n) is 11.3. The summed E-state index contributed by atoms with van der Waals surface area (Å²) in [7, 11) is 1.89. The highest BCUT2D eigenvalue weighted by Crippen LogP contribution is 2.32. The van der Waals surface area contributed by atoms with Crippen LogP contribution in [0.4, 0.5) is 5.82 Å². The van der Waals surface area contributed by atoms with Gasteiger partial charge < -0.3 is 10.1 Å². The van der Waals surface area contributed by atoms with Gasteiger partial charge in [-0.05, 0) is 35.4 Å². The second-order valence-corrected chi connectivity index (χ2v) is 5.79. The summed E-state index contributed by atoms with van der Waals surface area (Å²) in [6, 6.07) is 10.2. The first-order chi connectivity index (χ1) is 9.79. The SMILES string of the molecule is CNc1nc(C2CCCO2)nc(-c2ccccc2)c1I. The fourth-order valence-electron chi connectivity index (χ4n) is 2.34. The van der Waals surface area contributed by atoms with Gasteiger partial charge >= 0.3 is 0 Å². The molecule has 20 heavy (non-hydrogen) atoms. The van der Waals surface area contributed by atoms with E-state index >= 15 is 0 Å². The van der Waals surface area contributed by atoms with E-state index in [2.05, 4.69) is 45.0 Å². The highest BCUT2D eigenvalue weighted by Gasteiger charge is 2.23. The van der Waals surface area contributed by atoms with E-state index in [1.54, 1.807) is 0 Å². The molecule has 3 rings (SSSR count). The first kappa shape index (κ1) is 13.8. The maximum atomic E-state index is 5.71. The Morgan fingerprint density at radius 1 is 1.25 bits per heavy atom. The van der Waals surface area contributed by atoms with Crippen LogP contribution in [0.15, 0.2) is 30.3 Å². The standard InChI is InChI=1S/C15H16IN3O/c1-17-15-12(16)13(10-6-3-2-4-7-10)18-14(19-15)11-8-5-9-20-11/h2-4,6-7,11H,5,8-9H2,1H3,(H,17,18,19). The molecule has 0 radical (unpaired) electrons. The molecule has 1 fully saturated rings. The van der Waals surface area contributed by atoms with Gasteiger partial charge in [-0.1, -0.05) is 30.3 Å². The Balaban J connectivity index is 2.10. The quantitative estimate of drug-likeness (QED) is 0.825. The third kappa shape index (κ3) is 2.64. The van der Waals surface area contributed by atoms with E-state index in [0.29, 0.717) is 0 Å². The summed E-state index contributed by atoms with van der Waals surface area (Å²) in [6.07, 6.45) is 2.11.